The largest absolute Gasteiger partial charge is 0.416 e. The molecule has 0 unspecified atom stereocenters. The van der Waals surface area contributed by atoms with Crippen LogP contribution in [0.1, 0.15) is 58.9 Å². The summed E-state index contributed by atoms with van der Waals surface area (Å²) in [6, 6.07) is 5.14. The molecule has 2 aliphatic carbocycles. The standard InChI is InChI=1S/C17H15F3N2O/c18-17(19,20)11-3-1-4-12(9-11)22-13-5-2-6-14(23)15(13)16(21-22)10-7-8-10/h1,3-4,9-10H,2,5-8H2. The van der Waals surface area contributed by atoms with E-state index in [1.54, 1.807) is 10.7 Å². The number of carbonyl (C=O) groups is 1. The van der Waals surface area contributed by atoms with Crippen molar-refractivity contribution in [1.82, 2.24) is 9.78 Å². The lowest BCUT2D eigenvalue weighted by atomic mass is 9.93. The predicted octanol–water partition coefficient (Wildman–Crippen LogP) is 4.29. The molecule has 1 fully saturated rings. The lowest BCUT2D eigenvalue weighted by molar-refractivity contribution is -0.137. The van der Waals surface area contributed by atoms with Gasteiger partial charge in [-0.3, -0.25) is 4.79 Å². The first-order valence-corrected chi connectivity index (χ1v) is 7.78. The van der Waals surface area contributed by atoms with E-state index in [2.05, 4.69) is 5.10 Å². The molecular weight excluding hydrogens is 305 g/mol. The Labute approximate surface area is 131 Å². The molecule has 120 valence electrons. The lowest BCUT2D eigenvalue weighted by Gasteiger charge is -2.14. The molecule has 0 bridgehead atoms. The van der Waals surface area contributed by atoms with E-state index in [9.17, 15) is 18.0 Å². The highest BCUT2D eigenvalue weighted by Crippen LogP contribution is 2.43. The van der Waals surface area contributed by atoms with Crippen molar-refractivity contribution in [3.63, 3.8) is 0 Å². The molecule has 0 saturated heterocycles. The van der Waals surface area contributed by atoms with Crippen LogP contribution in [0.15, 0.2) is 24.3 Å². The number of benzene rings is 1. The monoisotopic (exact) mass is 320 g/mol. The van der Waals surface area contributed by atoms with E-state index in [1.165, 1.54) is 6.07 Å². The number of hydrogen-bond donors (Lipinski definition) is 0. The normalized spacial score (nSPS) is 18.1. The smallest absolute Gasteiger partial charge is 0.294 e. The number of alkyl halides is 3. The zero-order valence-electron chi connectivity index (χ0n) is 12.4. The fourth-order valence-corrected chi connectivity index (χ4v) is 3.22. The number of halogens is 3. The van der Waals surface area contributed by atoms with Crippen molar-refractivity contribution in [3.05, 3.63) is 46.8 Å². The van der Waals surface area contributed by atoms with Gasteiger partial charge in [-0.15, -0.1) is 0 Å². The third kappa shape index (κ3) is 2.46. The van der Waals surface area contributed by atoms with Crippen molar-refractivity contribution in [2.24, 2.45) is 0 Å². The number of nitrogens with zero attached hydrogens (tertiary/aromatic N) is 2. The fourth-order valence-electron chi connectivity index (χ4n) is 3.22. The van der Waals surface area contributed by atoms with Crippen LogP contribution in [0.2, 0.25) is 0 Å². The molecule has 1 aromatic heterocycles. The van der Waals surface area contributed by atoms with Crippen LogP contribution < -0.4 is 0 Å². The van der Waals surface area contributed by atoms with Crippen LogP contribution in [0, 0.1) is 0 Å². The molecule has 0 N–H and O–H groups in total. The molecule has 2 aliphatic rings. The molecule has 0 atom stereocenters. The first kappa shape index (κ1) is 14.5. The predicted molar refractivity (Wildman–Crippen MR) is 77.8 cm³/mol. The Bertz CT molecular complexity index is 788. The summed E-state index contributed by atoms with van der Waals surface area (Å²) < 4.78 is 40.4. The molecule has 0 spiro atoms. The zero-order chi connectivity index (χ0) is 16.2. The van der Waals surface area contributed by atoms with Crippen LogP contribution in [0.5, 0.6) is 0 Å². The first-order valence-electron chi connectivity index (χ1n) is 7.78. The number of aromatic nitrogens is 2. The number of rotatable bonds is 2. The van der Waals surface area contributed by atoms with Crippen molar-refractivity contribution in [2.75, 3.05) is 0 Å². The highest BCUT2D eigenvalue weighted by atomic mass is 19.4. The summed E-state index contributed by atoms with van der Waals surface area (Å²) >= 11 is 0. The van der Waals surface area contributed by atoms with Crippen molar-refractivity contribution in [3.8, 4) is 5.69 Å². The van der Waals surface area contributed by atoms with Crippen LogP contribution in [0.3, 0.4) is 0 Å². The van der Waals surface area contributed by atoms with Gasteiger partial charge < -0.3 is 0 Å². The molecule has 0 aliphatic heterocycles. The van der Waals surface area contributed by atoms with Crippen LogP contribution in [-0.4, -0.2) is 15.6 Å². The molecular formula is C17H15F3N2O. The summed E-state index contributed by atoms with van der Waals surface area (Å²) in [7, 11) is 0. The van der Waals surface area contributed by atoms with Gasteiger partial charge in [0.2, 0.25) is 0 Å². The van der Waals surface area contributed by atoms with Gasteiger partial charge in [-0.05, 0) is 43.9 Å². The van der Waals surface area contributed by atoms with Gasteiger partial charge >= 0.3 is 6.18 Å². The van der Waals surface area contributed by atoms with Crippen LogP contribution in [0.4, 0.5) is 13.2 Å². The third-order valence-electron chi connectivity index (χ3n) is 4.49. The van der Waals surface area contributed by atoms with Crippen molar-refractivity contribution in [1.29, 1.82) is 0 Å². The van der Waals surface area contributed by atoms with Crippen LogP contribution in [0.25, 0.3) is 5.69 Å². The molecule has 1 heterocycles. The highest BCUT2D eigenvalue weighted by molar-refractivity contribution is 5.99. The maximum Gasteiger partial charge on any atom is 0.416 e. The average Bonchev–Trinajstić information content (AvgIpc) is 3.28. The Kier molecular flexibility index (Phi) is 3.11. The number of carbonyl (C=O) groups excluding carboxylic acids is 1. The third-order valence-corrected chi connectivity index (χ3v) is 4.49. The van der Waals surface area contributed by atoms with Gasteiger partial charge in [0.15, 0.2) is 5.78 Å². The van der Waals surface area contributed by atoms with Gasteiger partial charge in [0.25, 0.3) is 0 Å². The van der Waals surface area contributed by atoms with Gasteiger partial charge in [-0.1, -0.05) is 6.07 Å². The minimum atomic E-state index is -4.39. The summed E-state index contributed by atoms with van der Waals surface area (Å²) in [6.45, 7) is 0. The quantitative estimate of drug-likeness (QED) is 0.827. The van der Waals surface area contributed by atoms with Gasteiger partial charge in [-0.2, -0.15) is 18.3 Å². The molecule has 2 aromatic rings. The van der Waals surface area contributed by atoms with Crippen molar-refractivity contribution < 1.29 is 18.0 Å². The Morgan fingerprint density at radius 2 is 1.96 bits per heavy atom. The maximum atomic E-state index is 12.9. The van der Waals surface area contributed by atoms with E-state index in [4.69, 9.17) is 0 Å². The van der Waals surface area contributed by atoms with Gasteiger partial charge in [0, 0.05) is 12.3 Å². The van der Waals surface area contributed by atoms with E-state index in [1.807, 2.05) is 0 Å². The highest BCUT2D eigenvalue weighted by Gasteiger charge is 2.36. The fraction of sp³-hybridized carbons (Fsp3) is 0.412. The second-order valence-electron chi connectivity index (χ2n) is 6.22. The van der Waals surface area contributed by atoms with E-state index in [0.29, 0.717) is 24.1 Å². The summed E-state index contributed by atoms with van der Waals surface area (Å²) in [6.07, 6.45) is -0.490. The van der Waals surface area contributed by atoms with E-state index in [0.717, 1.165) is 42.8 Å². The zero-order valence-corrected chi connectivity index (χ0v) is 12.4. The molecule has 1 saturated carbocycles. The minimum Gasteiger partial charge on any atom is -0.294 e. The molecule has 0 radical (unpaired) electrons. The summed E-state index contributed by atoms with van der Waals surface area (Å²) in [5, 5.41) is 4.53. The average molecular weight is 320 g/mol. The SMILES string of the molecule is O=C1CCCc2c1c(C1CC1)nn2-c1cccc(C(F)(F)F)c1. The number of fused-ring (bicyclic) bond motifs is 1. The minimum absolute atomic E-state index is 0.0753. The molecule has 4 rings (SSSR count). The topological polar surface area (TPSA) is 34.9 Å². The molecule has 23 heavy (non-hydrogen) atoms. The number of ketones is 1. The van der Waals surface area contributed by atoms with Gasteiger partial charge in [0.1, 0.15) is 0 Å². The first-order chi connectivity index (χ1) is 10.9. The Hall–Kier alpha value is -2.11. The molecule has 1 aromatic carbocycles. The van der Waals surface area contributed by atoms with Gasteiger partial charge in [0.05, 0.1) is 28.2 Å². The summed E-state index contributed by atoms with van der Waals surface area (Å²) in [5.74, 6) is 0.365. The molecule has 3 nitrogen and oxygen atoms in total. The second-order valence-corrected chi connectivity index (χ2v) is 6.22. The van der Waals surface area contributed by atoms with Crippen LogP contribution >= 0.6 is 0 Å². The second kappa shape index (κ2) is 4.94. The Balaban J connectivity index is 1.87. The van der Waals surface area contributed by atoms with Crippen LogP contribution in [-0.2, 0) is 12.6 Å². The van der Waals surface area contributed by atoms with Crippen molar-refractivity contribution in [2.45, 2.75) is 44.2 Å². The lowest BCUT2D eigenvalue weighted by Crippen LogP contribution is -2.14. The number of Topliss-reactive ketones (excluding diaryl/α,β-unsaturated/α-hetero) is 1. The summed E-state index contributed by atoms with van der Waals surface area (Å²) in [4.78, 5) is 12.3. The Morgan fingerprint density at radius 3 is 2.65 bits per heavy atom. The molecule has 6 heteroatoms. The number of hydrogen-bond acceptors (Lipinski definition) is 2. The Morgan fingerprint density at radius 1 is 1.17 bits per heavy atom. The van der Waals surface area contributed by atoms with Gasteiger partial charge in [-0.25, -0.2) is 4.68 Å². The molecule has 0 amide bonds. The summed E-state index contributed by atoms with van der Waals surface area (Å²) in [5.41, 5.74) is 1.88. The van der Waals surface area contributed by atoms with Crippen molar-refractivity contribution >= 4 is 5.78 Å². The van der Waals surface area contributed by atoms with E-state index < -0.39 is 11.7 Å². The maximum absolute atomic E-state index is 12.9. The van der Waals surface area contributed by atoms with E-state index >= 15 is 0 Å². The van der Waals surface area contributed by atoms with E-state index in [-0.39, 0.29) is 11.7 Å².